The molecule has 3 nitrogen and oxygen atoms in total. The van der Waals surface area contributed by atoms with Crippen LogP contribution in [0.5, 0.6) is 0 Å². The van der Waals surface area contributed by atoms with Gasteiger partial charge in [0.25, 0.3) is 0 Å². The lowest BCUT2D eigenvalue weighted by atomic mass is 9.97. The van der Waals surface area contributed by atoms with E-state index in [2.05, 4.69) is 30.4 Å². The number of ether oxygens (including phenoxy) is 1. The first-order valence-corrected chi connectivity index (χ1v) is 11.2. The van der Waals surface area contributed by atoms with Crippen molar-refractivity contribution in [2.45, 2.75) is 30.6 Å². The second-order valence-electron chi connectivity index (χ2n) is 7.49. The summed E-state index contributed by atoms with van der Waals surface area (Å²) < 4.78 is 18.1. The summed E-state index contributed by atoms with van der Waals surface area (Å²) in [4.78, 5) is 14.7. The molecule has 29 heavy (non-hydrogen) atoms. The van der Waals surface area contributed by atoms with Crippen LogP contribution in [0.25, 0.3) is 6.08 Å². The third-order valence-electron chi connectivity index (χ3n) is 5.54. The highest BCUT2D eigenvalue weighted by molar-refractivity contribution is 7.99. The van der Waals surface area contributed by atoms with Crippen molar-refractivity contribution < 1.29 is 13.9 Å². The van der Waals surface area contributed by atoms with Gasteiger partial charge in [0, 0.05) is 17.8 Å². The lowest BCUT2D eigenvalue weighted by Crippen LogP contribution is -2.22. The third kappa shape index (κ3) is 5.71. The molecule has 1 fully saturated rings. The van der Waals surface area contributed by atoms with Gasteiger partial charge in [-0.2, -0.15) is 11.8 Å². The van der Waals surface area contributed by atoms with Crippen LogP contribution in [-0.2, 0) is 17.6 Å². The number of benzene rings is 2. The lowest BCUT2D eigenvalue weighted by molar-refractivity contribution is 0.0599. The van der Waals surface area contributed by atoms with Gasteiger partial charge in [0.2, 0.25) is 0 Å². The average Bonchev–Trinajstić information content (AvgIpc) is 3.11. The Morgan fingerprint density at radius 2 is 2.00 bits per heavy atom. The maximum absolute atomic E-state index is 13.1. The Balaban J connectivity index is 1.74. The molecule has 0 N–H and O–H groups in total. The largest absolute Gasteiger partial charge is 0.465 e. The molecule has 2 atom stereocenters. The lowest BCUT2D eigenvalue weighted by Gasteiger charge is -2.15. The number of methoxy groups -OCH3 is 1. The molecule has 2 aromatic carbocycles. The van der Waals surface area contributed by atoms with E-state index in [0.717, 1.165) is 36.1 Å². The van der Waals surface area contributed by atoms with Gasteiger partial charge >= 0.3 is 5.97 Å². The van der Waals surface area contributed by atoms with Gasteiger partial charge in [0.1, 0.15) is 5.82 Å². The van der Waals surface area contributed by atoms with Crippen LogP contribution < -0.4 is 0 Å². The van der Waals surface area contributed by atoms with Gasteiger partial charge in [-0.1, -0.05) is 36.4 Å². The van der Waals surface area contributed by atoms with E-state index in [1.54, 1.807) is 12.1 Å². The smallest absolute Gasteiger partial charge is 0.338 e. The Bertz CT molecular complexity index is 866. The summed E-state index contributed by atoms with van der Waals surface area (Å²) in [6.45, 7) is 1.10. The first-order chi connectivity index (χ1) is 14.0. The van der Waals surface area contributed by atoms with Crippen LogP contribution in [0.4, 0.5) is 4.39 Å². The van der Waals surface area contributed by atoms with Crippen LogP contribution >= 0.6 is 11.8 Å². The number of hydrogen-bond acceptors (Lipinski definition) is 4. The standard InChI is InChI=1S/C24H28FNO2S/c1-26-16-22(29-3)15-21(26)13-8-18-5-10-19(23(14-18)24(27)28-2)9-4-17-6-11-20(25)12-7-17/h5-8,10-14,21-22H,4,9,15-16H2,1-3H3/b13-8+/t21-,22+/m1/s1. The summed E-state index contributed by atoms with van der Waals surface area (Å²) in [5.41, 5.74) is 3.58. The highest BCUT2D eigenvalue weighted by Gasteiger charge is 2.26. The van der Waals surface area contributed by atoms with Crippen LogP contribution in [0.2, 0.25) is 0 Å². The number of aryl methyl sites for hydroxylation is 2. The Morgan fingerprint density at radius 3 is 2.66 bits per heavy atom. The van der Waals surface area contributed by atoms with E-state index < -0.39 is 0 Å². The quantitative estimate of drug-likeness (QED) is 0.607. The van der Waals surface area contributed by atoms with Gasteiger partial charge in [-0.05, 0) is 67.5 Å². The number of carbonyl (C=O) groups excluding carboxylic acids is 1. The van der Waals surface area contributed by atoms with Crippen LogP contribution in [0.1, 0.15) is 33.5 Å². The predicted octanol–water partition coefficient (Wildman–Crippen LogP) is 4.85. The number of esters is 1. The minimum Gasteiger partial charge on any atom is -0.465 e. The summed E-state index contributed by atoms with van der Waals surface area (Å²) in [6, 6.07) is 12.9. The second kappa shape index (κ2) is 10.1. The van der Waals surface area contributed by atoms with Gasteiger partial charge in [-0.15, -0.1) is 0 Å². The fraction of sp³-hybridized carbons (Fsp3) is 0.375. The van der Waals surface area contributed by atoms with Crippen molar-refractivity contribution in [1.82, 2.24) is 4.90 Å². The Hall–Kier alpha value is -2.11. The number of hydrogen-bond donors (Lipinski definition) is 0. The number of rotatable bonds is 7. The highest BCUT2D eigenvalue weighted by Crippen LogP contribution is 2.26. The number of nitrogens with zero attached hydrogens (tertiary/aromatic N) is 1. The molecule has 0 aromatic heterocycles. The number of likely N-dealkylation sites (N-methyl/N-ethyl adjacent to an activating group) is 1. The SMILES string of the molecule is COC(=O)c1cc(/C=C/[C@@H]2C[C@H](SC)CN2C)ccc1CCc1ccc(F)cc1. The van der Waals surface area contributed by atoms with Crippen molar-refractivity contribution in [2.24, 2.45) is 0 Å². The highest BCUT2D eigenvalue weighted by atomic mass is 32.2. The zero-order chi connectivity index (χ0) is 20.8. The van der Waals surface area contributed by atoms with E-state index in [1.165, 1.54) is 19.2 Å². The number of halogens is 1. The third-order valence-corrected chi connectivity index (χ3v) is 6.55. The van der Waals surface area contributed by atoms with E-state index in [0.29, 0.717) is 23.3 Å². The summed E-state index contributed by atoms with van der Waals surface area (Å²) in [6.07, 6.45) is 9.07. The normalized spacial score (nSPS) is 19.7. The molecule has 0 amide bonds. The predicted molar refractivity (Wildman–Crippen MR) is 119 cm³/mol. The van der Waals surface area contributed by atoms with E-state index in [4.69, 9.17) is 4.74 Å². The zero-order valence-electron chi connectivity index (χ0n) is 17.2. The second-order valence-corrected chi connectivity index (χ2v) is 8.63. The van der Waals surface area contributed by atoms with Crippen molar-refractivity contribution >= 4 is 23.8 Å². The van der Waals surface area contributed by atoms with E-state index in [9.17, 15) is 9.18 Å². The molecule has 1 aliphatic heterocycles. The Morgan fingerprint density at radius 1 is 1.24 bits per heavy atom. The van der Waals surface area contributed by atoms with Crippen LogP contribution in [0, 0.1) is 5.82 Å². The topological polar surface area (TPSA) is 29.5 Å². The van der Waals surface area contributed by atoms with Crippen LogP contribution in [-0.4, -0.2) is 49.1 Å². The molecular formula is C24H28FNO2S. The summed E-state index contributed by atoms with van der Waals surface area (Å²) in [5.74, 6) is -0.563. The minimum atomic E-state index is -0.324. The van der Waals surface area contributed by atoms with Gasteiger partial charge in [0.05, 0.1) is 12.7 Å². The van der Waals surface area contributed by atoms with Crippen molar-refractivity contribution in [3.63, 3.8) is 0 Å². The molecule has 3 rings (SSSR count). The number of carbonyl (C=O) groups is 1. The Labute approximate surface area is 176 Å². The molecule has 0 saturated carbocycles. The molecule has 0 aliphatic carbocycles. The molecule has 154 valence electrons. The van der Waals surface area contributed by atoms with Gasteiger partial charge < -0.3 is 4.74 Å². The molecule has 1 heterocycles. The summed E-state index contributed by atoms with van der Waals surface area (Å²) in [5, 5.41) is 0.675. The van der Waals surface area contributed by atoms with Crippen molar-refractivity contribution in [3.05, 3.63) is 76.6 Å². The molecule has 0 unspecified atom stereocenters. The molecular weight excluding hydrogens is 385 g/mol. The first-order valence-electron chi connectivity index (χ1n) is 9.87. The number of thioether (sulfide) groups is 1. The minimum absolute atomic E-state index is 0.239. The molecule has 2 aromatic rings. The molecule has 0 spiro atoms. The monoisotopic (exact) mass is 413 g/mol. The molecule has 5 heteroatoms. The van der Waals surface area contributed by atoms with E-state index >= 15 is 0 Å². The van der Waals surface area contributed by atoms with Crippen molar-refractivity contribution in [1.29, 1.82) is 0 Å². The summed E-state index contributed by atoms with van der Waals surface area (Å²) in [7, 11) is 3.56. The molecule has 1 aliphatic rings. The molecule has 1 saturated heterocycles. The fourth-order valence-corrected chi connectivity index (χ4v) is 4.52. The van der Waals surface area contributed by atoms with Crippen LogP contribution in [0.15, 0.2) is 48.5 Å². The van der Waals surface area contributed by atoms with Crippen molar-refractivity contribution in [2.75, 3.05) is 27.0 Å². The summed E-state index contributed by atoms with van der Waals surface area (Å²) >= 11 is 1.92. The van der Waals surface area contributed by atoms with E-state index in [1.807, 2.05) is 30.0 Å². The van der Waals surface area contributed by atoms with Crippen molar-refractivity contribution in [3.8, 4) is 0 Å². The molecule has 0 bridgehead atoms. The average molecular weight is 414 g/mol. The van der Waals surface area contributed by atoms with Gasteiger partial charge in [-0.25, -0.2) is 9.18 Å². The maximum atomic E-state index is 13.1. The fourth-order valence-electron chi connectivity index (χ4n) is 3.74. The van der Waals surface area contributed by atoms with Gasteiger partial charge in [-0.3, -0.25) is 4.90 Å². The Kier molecular flexibility index (Phi) is 7.51. The molecule has 0 radical (unpaired) electrons. The number of likely N-dealkylation sites (tertiary alicyclic amines) is 1. The van der Waals surface area contributed by atoms with E-state index in [-0.39, 0.29) is 11.8 Å². The zero-order valence-corrected chi connectivity index (χ0v) is 18.0. The first kappa shape index (κ1) is 21.6. The maximum Gasteiger partial charge on any atom is 0.338 e. The van der Waals surface area contributed by atoms with Crippen LogP contribution in [0.3, 0.4) is 0 Å². The van der Waals surface area contributed by atoms with Gasteiger partial charge in [0.15, 0.2) is 0 Å².